The van der Waals surface area contributed by atoms with Crippen molar-refractivity contribution in [2.75, 3.05) is 5.32 Å². The van der Waals surface area contributed by atoms with Crippen molar-refractivity contribution in [3.63, 3.8) is 0 Å². The zero-order chi connectivity index (χ0) is 14.9. The monoisotopic (exact) mass is 286 g/mol. The van der Waals surface area contributed by atoms with E-state index in [0.717, 1.165) is 6.07 Å². The van der Waals surface area contributed by atoms with Gasteiger partial charge in [-0.3, -0.25) is 0 Å². The number of alkyl halides is 3. The normalized spacial score (nSPS) is 13.3. The standard InChI is InChI=1S/C12H13F3N4O/c1-6-3-4-8(5-9(6)12(13,14)15)17-11-19-18-10(20-11)7(2)16/h3-5,7H,16H2,1-2H3,(H,17,19). The topological polar surface area (TPSA) is 77.0 Å². The Morgan fingerprint density at radius 3 is 2.55 bits per heavy atom. The van der Waals surface area contributed by atoms with Gasteiger partial charge in [-0.15, -0.1) is 5.10 Å². The summed E-state index contributed by atoms with van der Waals surface area (Å²) in [6, 6.07) is 3.41. The van der Waals surface area contributed by atoms with Crippen molar-refractivity contribution in [3.8, 4) is 0 Å². The van der Waals surface area contributed by atoms with Gasteiger partial charge in [-0.2, -0.15) is 13.2 Å². The molecule has 0 fully saturated rings. The van der Waals surface area contributed by atoms with Crippen LogP contribution in [0, 0.1) is 6.92 Å². The highest BCUT2D eigenvalue weighted by Gasteiger charge is 2.32. The van der Waals surface area contributed by atoms with Gasteiger partial charge in [-0.1, -0.05) is 11.2 Å². The van der Waals surface area contributed by atoms with Gasteiger partial charge in [0.15, 0.2) is 0 Å². The number of nitrogens with two attached hydrogens (primary N) is 1. The summed E-state index contributed by atoms with van der Waals surface area (Å²) in [6.07, 6.45) is -4.41. The Morgan fingerprint density at radius 2 is 2.00 bits per heavy atom. The van der Waals surface area contributed by atoms with Gasteiger partial charge < -0.3 is 15.5 Å². The summed E-state index contributed by atoms with van der Waals surface area (Å²) >= 11 is 0. The van der Waals surface area contributed by atoms with E-state index >= 15 is 0 Å². The molecule has 1 atom stereocenters. The molecule has 0 aliphatic heterocycles. The van der Waals surface area contributed by atoms with E-state index < -0.39 is 17.8 Å². The second kappa shape index (κ2) is 5.12. The van der Waals surface area contributed by atoms with E-state index in [1.54, 1.807) is 6.92 Å². The largest absolute Gasteiger partial charge is 0.416 e. The summed E-state index contributed by atoms with van der Waals surface area (Å²) in [6.45, 7) is 3.05. The Kier molecular flexibility index (Phi) is 3.67. The highest BCUT2D eigenvalue weighted by molar-refractivity contribution is 5.55. The van der Waals surface area contributed by atoms with E-state index in [1.807, 2.05) is 0 Å². The molecule has 20 heavy (non-hydrogen) atoms. The Hall–Kier alpha value is -2.09. The molecule has 8 heteroatoms. The van der Waals surface area contributed by atoms with Crippen molar-refractivity contribution >= 4 is 11.7 Å². The molecule has 108 valence electrons. The van der Waals surface area contributed by atoms with Gasteiger partial charge in [0.1, 0.15) is 0 Å². The van der Waals surface area contributed by atoms with Gasteiger partial charge in [0, 0.05) is 5.69 Å². The average Bonchev–Trinajstić information content (AvgIpc) is 2.79. The lowest BCUT2D eigenvalue weighted by Crippen LogP contribution is -2.08. The zero-order valence-corrected chi connectivity index (χ0v) is 10.8. The zero-order valence-electron chi connectivity index (χ0n) is 10.8. The number of hydrogen-bond donors (Lipinski definition) is 2. The first kappa shape index (κ1) is 14.3. The fourth-order valence-corrected chi connectivity index (χ4v) is 1.60. The quantitative estimate of drug-likeness (QED) is 0.906. The summed E-state index contributed by atoms with van der Waals surface area (Å²) in [5.41, 5.74) is 5.19. The molecule has 2 rings (SSSR count). The van der Waals surface area contributed by atoms with Crippen LogP contribution in [0.1, 0.15) is 30.0 Å². The lowest BCUT2D eigenvalue weighted by Gasteiger charge is -2.11. The maximum Gasteiger partial charge on any atom is 0.416 e. The van der Waals surface area contributed by atoms with Gasteiger partial charge in [-0.05, 0) is 31.5 Å². The Balaban J connectivity index is 2.25. The van der Waals surface area contributed by atoms with E-state index in [1.165, 1.54) is 19.1 Å². The molecule has 1 aromatic carbocycles. The van der Waals surface area contributed by atoms with Gasteiger partial charge in [-0.25, -0.2) is 0 Å². The molecule has 1 unspecified atom stereocenters. The molecule has 0 bridgehead atoms. The summed E-state index contributed by atoms with van der Waals surface area (Å²) in [5.74, 6) is 0.204. The predicted octanol–water partition coefficient (Wildman–Crippen LogP) is 3.16. The summed E-state index contributed by atoms with van der Waals surface area (Å²) in [7, 11) is 0. The molecule has 5 nitrogen and oxygen atoms in total. The third-order valence-corrected chi connectivity index (χ3v) is 2.62. The molecule has 1 heterocycles. The van der Waals surface area contributed by atoms with Crippen LogP contribution in [0.25, 0.3) is 0 Å². The highest BCUT2D eigenvalue weighted by Crippen LogP contribution is 2.34. The average molecular weight is 286 g/mol. The van der Waals surface area contributed by atoms with Crippen LogP contribution < -0.4 is 11.1 Å². The fourth-order valence-electron chi connectivity index (χ4n) is 1.60. The van der Waals surface area contributed by atoms with Crippen LogP contribution in [-0.2, 0) is 6.18 Å². The van der Waals surface area contributed by atoms with Crippen LogP contribution in [-0.4, -0.2) is 10.2 Å². The molecule has 0 aliphatic rings. The third kappa shape index (κ3) is 3.08. The predicted molar refractivity (Wildman–Crippen MR) is 66.4 cm³/mol. The lowest BCUT2D eigenvalue weighted by molar-refractivity contribution is -0.138. The molecule has 3 N–H and O–H groups in total. The number of rotatable bonds is 3. The van der Waals surface area contributed by atoms with Crippen molar-refractivity contribution in [3.05, 3.63) is 35.2 Å². The van der Waals surface area contributed by atoms with E-state index in [0.29, 0.717) is 0 Å². The number of benzene rings is 1. The first-order valence-corrected chi connectivity index (χ1v) is 5.81. The number of nitrogens with zero attached hydrogens (tertiary/aromatic N) is 2. The molecule has 2 aromatic rings. The number of anilines is 2. The summed E-state index contributed by atoms with van der Waals surface area (Å²) < 4.78 is 43.5. The second-order valence-electron chi connectivity index (χ2n) is 4.39. The summed E-state index contributed by atoms with van der Waals surface area (Å²) in [5, 5.41) is 9.96. The molecule has 0 aliphatic carbocycles. The minimum Gasteiger partial charge on any atom is -0.406 e. The van der Waals surface area contributed by atoms with Crippen molar-refractivity contribution < 1.29 is 17.6 Å². The van der Waals surface area contributed by atoms with Crippen LogP contribution in [0.5, 0.6) is 0 Å². The molecule has 0 amide bonds. The minimum absolute atomic E-state index is 0.00530. The number of halogens is 3. The number of hydrogen-bond acceptors (Lipinski definition) is 5. The molecule has 0 radical (unpaired) electrons. The molecule has 1 aromatic heterocycles. The number of aromatic nitrogens is 2. The molecular formula is C12H13F3N4O. The maximum atomic E-state index is 12.8. The lowest BCUT2D eigenvalue weighted by atomic mass is 10.1. The van der Waals surface area contributed by atoms with Crippen LogP contribution in [0.4, 0.5) is 24.9 Å². The van der Waals surface area contributed by atoms with Gasteiger partial charge in [0.25, 0.3) is 0 Å². The maximum absolute atomic E-state index is 12.8. The Bertz CT molecular complexity index is 607. The van der Waals surface area contributed by atoms with E-state index in [9.17, 15) is 13.2 Å². The van der Waals surface area contributed by atoms with E-state index in [4.69, 9.17) is 10.2 Å². The van der Waals surface area contributed by atoms with Crippen molar-refractivity contribution in [1.29, 1.82) is 0 Å². The van der Waals surface area contributed by atoms with E-state index in [2.05, 4.69) is 15.5 Å². The number of nitrogens with one attached hydrogen (secondary N) is 1. The SMILES string of the molecule is Cc1ccc(Nc2nnc(C(C)N)o2)cc1C(F)(F)F. The van der Waals surface area contributed by atoms with Crippen LogP contribution in [0.3, 0.4) is 0 Å². The fraction of sp³-hybridized carbons (Fsp3) is 0.333. The molecule has 0 saturated heterocycles. The first-order chi connectivity index (χ1) is 9.27. The van der Waals surface area contributed by atoms with Crippen LogP contribution in [0.15, 0.2) is 22.6 Å². The second-order valence-corrected chi connectivity index (χ2v) is 4.39. The van der Waals surface area contributed by atoms with Crippen molar-refractivity contribution in [1.82, 2.24) is 10.2 Å². The third-order valence-electron chi connectivity index (χ3n) is 2.62. The van der Waals surface area contributed by atoms with Gasteiger partial charge in [0.2, 0.25) is 5.89 Å². The number of aryl methyl sites for hydroxylation is 1. The van der Waals surface area contributed by atoms with Gasteiger partial charge in [0.05, 0.1) is 11.6 Å². The van der Waals surface area contributed by atoms with Gasteiger partial charge >= 0.3 is 12.2 Å². The molecular weight excluding hydrogens is 273 g/mol. The smallest absolute Gasteiger partial charge is 0.406 e. The van der Waals surface area contributed by atoms with Crippen LogP contribution >= 0.6 is 0 Å². The Morgan fingerprint density at radius 1 is 1.30 bits per heavy atom. The van der Waals surface area contributed by atoms with Crippen molar-refractivity contribution in [2.24, 2.45) is 5.73 Å². The Labute approximate surface area is 113 Å². The minimum atomic E-state index is -4.41. The molecule has 0 saturated carbocycles. The van der Waals surface area contributed by atoms with Crippen molar-refractivity contribution in [2.45, 2.75) is 26.1 Å². The highest BCUT2D eigenvalue weighted by atomic mass is 19.4. The van der Waals surface area contributed by atoms with E-state index in [-0.39, 0.29) is 23.2 Å². The molecule has 0 spiro atoms. The van der Waals surface area contributed by atoms with Crippen LogP contribution in [0.2, 0.25) is 0 Å². The summed E-state index contributed by atoms with van der Waals surface area (Å²) in [4.78, 5) is 0. The first-order valence-electron chi connectivity index (χ1n) is 5.81.